The molecule has 0 aliphatic carbocycles. The predicted octanol–water partition coefficient (Wildman–Crippen LogP) is 4.69. The van der Waals surface area contributed by atoms with E-state index >= 15 is 0 Å². The van der Waals surface area contributed by atoms with E-state index in [4.69, 9.17) is 9.94 Å². The van der Waals surface area contributed by atoms with Gasteiger partial charge in [0.25, 0.3) is 5.91 Å². The van der Waals surface area contributed by atoms with E-state index in [9.17, 15) is 19.1 Å². The van der Waals surface area contributed by atoms with Crippen molar-refractivity contribution in [1.29, 1.82) is 0 Å². The van der Waals surface area contributed by atoms with E-state index in [0.29, 0.717) is 24.1 Å². The lowest BCUT2D eigenvalue weighted by molar-refractivity contribution is -0.124. The second-order valence-corrected chi connectivity index (χ2v) is 7.39. The number of para-hydroxylation sites is 1. The first-order valence-electron chi connectivity index (χ1n) is 9.34. The lowest BCUT2D eigenvalue weighted by Crippen LogP contribution is -2.29. The zero-order valence-electron chi connectivity index (χ0n) is 16.8. The fraction of sp³-hybridized carbons (Fsp3) is 0.273. The molecule has 2 amide bonds. The molecule has 0 aliphatic heterocycles. The van der Waals surface area contributed by atoms with Crippen molar-refractivity contribution in [2.24, 2.45) is 5.41 Å². The Labute approximate surface area is 174 Å². The van der Waals surface area contributed by atoms with Crippen LogP contribution in [0.2, 0.25) is 0 Å². The standard InChI is InChI=1S/C22H25FN2O5/c1-22(2,13-7-6-10-19(27)25-29)20(15-11-12-18(26)17(23)14-15)30-21(28)24-16-8-4-3-5-9-16/h3-6,8-12,14,20,26,29H,7,13H2,1-2H3,(H,24,28)(H,25,27)/b10-6+/t20-/m0/s1. The number of amides is 2. The number of anilines is 1. The van der Waals surface area contributed by atoms with E-state index in [0.717, 1.165) is 6.07 Å². The molecular formula is C22H25FN2O5. The third kappa shape index (κ3) is 6.59. The van der Waals surface area contributed by atoms with E-state index in [-0.39, 0.29) is 0 Å². The first-order valence-corrected chi connectivity index (χ1v) is 9.34. The van der Waals surface area contributed by atoms with Crippen molar-refractivity contribution in [3.63, 3.8) is 0 Å². The molecule has 2 aromatic carbocycles. The minimum absolute atomic E-state index is 0.385. The molecule has 2 rings (SSSR count). The van der Waals surface area contributed by atoms with Gasteiger partial charge in [0.2, 0.25) is 0 Å². The number of benzene rings is 2. The highest BCUT2D eigenvalue weighted by Gasteiger charge is 2.34. The summed E-state index contributed by atoms with van der Waals surface area (Å²) in [5, 5.41) is 20.7. The highest BCUT2D eigenvalue weighted by Crippen LogP contribution is 2.41. The van der Waals surface area contributed by atoms with Gasteiger partial charge in [-0.2, -0.15) is 0 Å². The van der Waals surface area contributed by atoms with Gasteiger partial charge in [0.05, 0.1) is 0 Å². The summed E-state index contributed by atoms with van der Waals surface area (Å²) in [5.74, 6) is -1.97. The number of hydrogen-bond donors (Lipinski definition) is 4. The minimum Gasteiger partial charge on any atom is -0.505 e. The first kappa shape index (κ1) is 22.9. The molecule has 0 radical (unpaired) electrons. The van der Waals surface area contributed by atoms with Gasteiger partial charge in [0, 0.05) is 17.2 Å². The Morgan fingerprint density at radius 2 is 1.90 bits per heavy atom. The Bertz CT molecular complexity index is 900. The summed E-state index contributed by atoms with van der Waals surface area (Å²) in [6, 6.07) is 12.6. The maximum Gasteiger partial charge on any atom is 0.412 e. The Morgan fingerprint density at radius 3 is 2.53 bits per heavy atom. The Morgan fingerprint density at radius 1 is 1.20 bits per heavy atom. The number of nitrogens with one attached hydrogen (secondary N) is 2. The minimum atomic E-state index is -0.837. The van der Waals surface area contributed by atoms with Crippen LogP contribution in [0.15, 0.2) is 60.7 Å². The van der Waals surface area contributed by atoms with Gasteiger partial charge >= 0.3 is 6.09 Å². The number of allylic oxidation sites excluding steroid dienone is 1. The van der Waals surface area contributed by atoms with Crippen molar-refractivity contribution in [2.75, 3.05) is 5.32 Å². The number of carbonyl (C=O) groups is 2. The van der Waals surface area contributed by atoms with Crippen LogP contribution in [0.4, 0.5) is 14.9 Å². The predicted molar refractivity (Wildman–Crippen MR) is 109 cm³/mol. The summed E-state index contributed by atoms with van der Waals surface area (Å²) in [7, 11) is 0. The molecule has 0 heterocycles. The molecule has 0 saturated carbocycles. The number of hydrogen-bond acceptors (Lipinski definition) is 5. The van der Waals surface area contributed by atoms with Crippen LogP contribution < -0.4 is 10.8 Å². The lowest BCUT2D eigenvalue weighted by atomic mass is 9.78. The van der Waals surface area contributed by atoms with E-state index in [1.807, 2.05) is 19.9 Å². The highest BCUT2D eigenvalue weighted by atomic mass is 19.1. The lowest BCUT2D eigenvalue weighted by Gasteiger charge is -2.34. The molecule has 1 atom stereocenters. The van der Waals surface area contributed by atoms with Gasteiger partial charge in [-0.1, -0.05) is 44.2 Å². The molecule has 2 aromatic rings. The van der Waals surface area contributed by atoms with Gasteiger partial charge in [-0.15, -0.1) is 0 Å². The summed E-state index contributed by atoms with van der Waals surface area (Å²) in [6.07, 6.45) is 2.15. The molecule has 8 heteroatoms. The zero-order chi connectivity index (χ0) is 22.1. The van der Waals surface area contributed by atoms with Crippen molar-refractivity contribution in [3.05, 3.63) is 72.1 Å². The molecule has 0 saturated heterocycles. The van der Waals surface area contributed by atoms with Gasteiger partial charge < -0.3 is 9.84 Å². The number of hydroxylamine groups is 1. The van der Waals surface area contributed by atoms with Crippen LogP contribution in [0.25, 0.3) is 0 Å². The third-order valence-electron chi connectivity index (χ3n) is 4.56. The van der Waals surface area contributed by atoms with Crippen LogP contribution in [0.3, 0.4) is 0 Å². The quantitative estimate of drug-likeness (QED) is 0.284. The molecule has 0 aromatic heterocycles. The second-order valence-electron chi connectivity index (χ2n) is 7.39. The molecule has 30 heavy (non-hydrogen) atoms. The number of carbonyl (C=O) groups excluding carboxylic acids is 2. The van der Waals surface area contributed by atoms with Crippen LogP contribution in [-0.2, 0) is 9.53 Å². The largest absolute Gasteiger partial charge is 0.505 e. The molecule has 0 spiro atoms. The van der Waals surface area contributed by atoms with Crippen LogP contribution in [0, 0.1) is 11.2 Å². The summed E-state index contributed by atoms with van der Waals surface area (Å²) < 4.78 is 19.6. The molecule has 0 bridgehead atoms. The summed E-state index contributed by atoms with van der Waals surface area (Å²) in [6.45, 7) is 3.69. The zero-order valence-corrected chi connectivity index (χ0v) is 16.8. The van der Waals surface area contributed by atoms with Gasteiger partial charge in [-0.25, -0.2) is 14.7 Å². The van der Waals surface area contributed by atoms with Crippen molar-refractivity contribution < 1.29 is 29.0 Å². The van der Waals surface area contributed by atoms with Crippen LogP contribution in [-0.4, -0.2) is 22.3 Å². The van der Waals surface area contributed by atoms with E-state index in [2.05, 4.69) is 5.32 Å². The molecule has 0 aliphatic rings. The van der Waals surface area contributed by atoms with Gasteiger partial charge in [0.15, 0.2) is 11.6 Å². The maximum absolute atomic E-state index is 14.0. The van der Waals surface area contributed by atoms with Gasteiger partial charge in [-0.3, -0.25) is 15.3 Å². The number of ether oxygens (including phenoxy) is 1. The SMILES string of the molecule is CC(C)(CC/C=C/C(=O)NO)[C@@H](OC(=O)Nc1ccccc1)c1ccc(O)c(F)c1. The van der Waals surface area contributed by atoms with Crippen molar-refractivity contribution in [1.82, 2.24) is 5.48 Å². The number of phenols is 1. The fourth-order valence-electron chi connectivity index (χ4n) is 2.95. The van der Waals surface area contributed by atoms with Crippen LogP contribution >= 0.6 is 0 Å². The second kappa shape index (κ2) is 10.4. The van der Waals surface area contributed by atoms with E-state index in [1.54, 1.807) is 30.3 Å². The van der Waals surface area contributed by atoms with Gasteiger partial charge in [0.1, 0.15) is 6.10 Å². The molecule has 0 unspecified atom stereocenters. The van der Waals surface area contributed by atoms with Crippen LogP contribution in [0.1, 0.15) is 38.4 Å². The summed E-state index contributed by atoms with van der Waals surface area (Å²) >= 11 is 0. The Hall–Kier alpha value is -3.39. The van der Waals surface area contributed by atoms with Gasteiger partial charge in [-0.05, 0) is 42.7 Å². The third-order valence-corrected chi connectivity index (χ3v) is 4.56. The smallest absolute Gasteiger partial charge is 0.412 e. The molecular weight excluding hydrogens is 391 g/mol. The fourth-order valence-corrected chi connectivity index (χ4v) is 2.95. The molecule has 160 valence electrons. The first-order chi connectivity index (χ1) is 14.2. The molecule has 4 N–H and O–H groups in total. The average molecular weight is 416 g/mol. The molecule has 0 fully saturated rings. The Kier molecular flexibility index (Phi) is 7.94. The maximum atomic E-state index is 14.0. The average Bonchev–Trinajstić information content (AvgIpc) is 2.72. The number of phenolic OH excluding ortho intramolecular Hbond substituents is 1. The van der Waals surface area contributed by atoms with Crippen molar-refractivity contribution >= 4 is 17.7 Å². The monoisotopic (exact) mass is 416 g/mol. The summed E-state index contributed by atoms with van der Waals surface area (Å²) in [4.78, 5) is 23.6. The van der Waals surface area contributed by atoms with E-state index in [1.165, 1.54) is 23.7 Å². The normalized spacial score (nSPS) is 12.4. The Balaban J connectivity index is 2.21. The van der Waals surface area contributed by atoms with Crippen molar-refractivity contribution in [2.45, 2.75) is 32.8 Å². The topological polar surface area (TPSA) is 108 Å². The van der Waals surface area contributed by atoms with Crippen molar-refractivity contribution in [3.8, 4) is 5.75 Å². The number of aromatic hydroxyl groups is 1. The number of halogens is 1. The summed E-state index contributed by atoms with van der Waals surface area (Å²) in [5.41, 5.74) is 1.78. The number of rotatable bonds is 8. The molecule has 7 nitrogen and oxygen atoms in total. The highest BCUT2D eigenvalue weighted by molar-refractivity contribution is 5.86. The van der Waals surface area contributed by atoms with E-state index < -0.39 is 35.1 Å². The van der Waals surface area contributed by atoms with Crippen LogP contribution in [0.5, 0.6) is 5.75 Å².